The lowest BCUT2D eigenvalue weighted by Crippen LogP contribution is -2.36. The molecule has 0 aliphatic heterocycles. The number of sulfonamides is 1. The van der Waals surface area contributed by atoms with Crippen molar-refractivity contribution in [3.05, 3.63) is 54.2 Å². The highest BCUT2D eigenvalue weighted by Gasteiger charge is 2.30. The van der Waals surface area contributed by atoms with E-state index in [1.165, 1.54) is 30.8 Å². The van der Waals surface area contributed by atoms with Gasteiger partial charge in [0.05, 0.1) is 22.7 Å². The Kier molecular flexibility index (Phi) is 9.02. The van der Waals surface area contributed by atoms with Gasteiger partial charge in [-0.2, -0.15) is 13.2 Å². The van der Waals surface area contributed by atoms with Gasteiger partial charge in [-0.05, 0) is 88.2 Å². The fourth-order valence-electron chi connectivity index (χ4n) is 5.06. The lowest BCUT2D eigenvalue weighted by molar-refractivity contribution is -0.140. The Morgan fingerprint density at radius 1 is 1.00 bits per heavy atom. The van der Waals surface area contributed by atoms with Crippen LogP contribution in [-0.2, 0) is 16.6 Å². The number of nitrogens with zero attached hydrogens (tertiary/aromatic N) is 3. The van der Waals surface area contributed by atoms with E-state index in [1.807, 2.05) is 6.07 Å². The molecule has 1 aliphatic carbocycles. The van der Waals surface area contributed by atoms with E-state index in [1.54, 1.807) is 30.3 Å². The van der Waals surface area contributed by atoms with Gasteiger partial charge in [-0.15, -0.1) is 0 Å². The first kappa shape index (κ1) is 29.8. The maximum atomic E-state index is 13.5. The van der Waals surface area contributed by atoms with Crippen LogP contribution in [0.2, 0.25) is 0 Å². The van der Waals surface area contributed by atoms with Crippen LogP contribution >= 0.6 is 0 Å². The Morgan fingerprint density at radius 3 is 2.27 bits per heavy atom. The lowest BCUT2D eigenvalue weighted by Gasteiger charge is -2.33. The molecule has 1 saturated carbocycles. The molecule has 1 heterocycles. The summed E-state index contributed by atoms with van der Waals surface area (Å²) < 4.78 is 67.4. The summed E-state index contributed by atoms with van der Waals surface area (Å²) in [4.78, 5) is 2.42. The Bertz CT molecular complexity index is 1480. The van der Waals surface area contributed by atoms with E-state index in [4.69, 9.17) is 0 Å². The monoisotopic (exact) mass is 575 g/mol. The molecule has 1 aromatic heterocycles. The van der Waals surface area contributed by atoms with E-state index in [0.717, 1.165) is 41.1 Å². The van der Waals surface area contributed by atoms with Crippen molar-refractivity contribution in [2.24, 2.45) is 0 Å². The van der Waals surface area contributed by atoms with Crippen LogP contribution < -0.4 is 10.6 Å². The number of benzene rings is 2. The first-order chi connectivity index (χ1) is 18.8. The standard InChI is InChI=1S/C29H36F3N5O2S/c1-35(2)23-14-10-22(11-15-23)34-27-8-5-9-28-26(27)19-24(37(28)20-29(30,31)32)7-6-18-33-21-12-16-25(17-13-21)40(38,39)36(3)4/h5,8-9,12-13,16-17,19,22-23,33-34H,10-11,14-15,18,20H2,1-4H3. The summed E-state index contributed by atoms with van der Waals surface area (Å²) in [6.07, 6.45) is -0.240. The molecular weight excluding hydrogens is 539 g/mol. The Balaban J connectivity index is 1.52. The largest absolute Gasteiger partial charge is 0.406 e. The van der Waals surface area contributed by atoms with Crippen LogP contribution in [0.15, 0.2) is 53.4 Å². The highest BCUT2D eigenvalue weighted by atomic mass is 32.2. The van der Waals surface area contributed by atoms with Gasteiger partial charge < -0.3 is 20.1 Å². The number of aromatic nitrogens is 1. The number of anilines is 2. The highest BCUT2D eigenvalue weighted by molar-refractivity contribution is 7.89. The molecule has 0 atom stereocenters. The van der Waals surface area contributed by atoms with Gasteiger partial charge in [0.1, 0.15) is 6.54 Å². The minimum Gasteiger partial charge on any atom is -0.382 e. The molecule has 0 unspecified atom stereocenters. The maximum absolute atomic E-state index is 13.5. The summed E-state index contributed by atoms with van der Waals surface area (Å²) in [5.74, 6) is 5.83. The van der Waals surface area contributed by atoms with Gasteiger partial charge in [0.15, 0.2) is 0 Å². The van der Waals surface area contributed by atoms with E-state index in [-0.39, 0.29) is 23.2 Å². The Hall–Kier alpha value is -3.20. The molecule has 2 N–H and O–H groups in total. The van der Waals surface area contributed by atoms with E-state index in [9.17, 15) is 21.6 Å². The van der Waals surface area contributed by atoms with E-state index in [0.29, 0.717) is 17.2 Å². The van der Waals surface area contributed by atoms with Crippen LogP contribution in [0, 0.1) is 11.8 Å². The average molecular weight is 576 g/mol. The van der Waals surface area contributed by atoms with Gasteiger partial charge in [0.2, 0.25) is 10.0 Å². The zero-order valence-corrected chi connectivity index (χ0v) is 24.0. The number of fused-ring (bicyclic) bond motifs is 1. The SMILES string of the molecule is CN(C)C1CCC(Nc2cccc3c2cc(C#CCNc2ccc(S(=O)(=O)N(C)C)cc2)n3CC(F)(F)F)CC1. The van der Waals surface area contributed by atoms with Gasteiger partial charge in [-0.1, -0.05) is 12.0 Å². The van der Waals surface area contributed by atoms with Gasteiger partial charge >= 0.3 is 6.18 Å². The average Bonchev–Trinajstić information content (AvgIpc) is 3.24. The predicted octanol–water partition coefficient (Wildman–Crippen LogP) is 5.20. The van der Waals surface area contributed by atoms with Crippen molar-refractivity contribution in [3.8, 4) is 11.8 Å². The predicted molar refractivity (Wildman–Crippen MR) is 154 cm³/mol. The van der Waals surface area contributed by atoms with E-state index >= 15 is 0 Å². The van der Waals surface area contributed by atoms with Crippen molar-refractivity contribution in [3.63, 3.8) is 0 Å². The number of hydrogen-bond acceptors (Lipinski definition) is 5. The first-order valence-corrected chi connectivity index (χ1v) is 14.7. The molecule has 2 aromatic carbocycles. The quantitative estimate of drug-likeness (QED) is 0.362. The number of alkyl halides is 3. The molecule has 216 valence electrons. The molecule has 11 heteroatoms. The van der Waals surface area contributed by atoms with Crippen LogP contribution in [0.1, 0.15) is 31.4 Å². The minimum atomic E-state index is -4.40. The van der Waals surface area contributed by atoms with Gasteiger partial charge in [-0.3, -0.25) is 0 Å². The Labute approximate surface area is 234 Å². The molecule has 3 aromatic rings. The number of halogens is 3. The van der Waals surface area contributed by atoms with Crippen LogP contribution in [0.25, 0.3) is 10.9 Å². The first-order valence-electron chi connectivity index (χ1n) is 13.2. The van der Waals surface area contributed by atoms with Crippen LogP contribution in [-0.4, -0.2) is 75.2 Å². The zero-order valence-electron chi connectivity index (χ0n) is 23.2. The third kappa shape index (κ3) is 7.11. The molecule has 0 radical (unpaired) electrons. The van der Waals surface area contributed by atoms with Crippen LogP contribution in [0.5, 0.6) is 0 Å². The van der Waals surface area contributed by atoms with Crippen LogP contribution in [0.4, 0.5) is 24.5 Å². The summed E-state index contributed by atoms with van der Waals surface area (Å²) >= 11 is 0. The molecular formula is C29H36F3N5O2S. The lowest BCUT2D eigenvalue weighted by atomic mass is 9.90. The van der Waals surface area contributed by atoms with E-state index < -0.39 is 22.7 Å². The number of hydrogen-bond donors (Lipinski definition) is 2. The summed E-state index contributed by atoms with van der Waals surface area (Å²) in [5, 5.41) is 7.37. The molecule has 1 aliphatic rings. The van der Waals surface area contributed by atoms with E-state index in [2.05, 4.69) is 41.5 Å². The molecule has 1 fully saturated rings. The third-order valence-electron chi connectivity index (χ3n) is 7.30. The third-order valence-corrected chi connectivity index (χ3v) is 9.13. The van der Waals surface area contributed by atoms with Gasteiger partial charge in [0.25, 0.3) is 0 Å². The fourth-order valence-corrected chi connectivity index (χ4v) is 5.96. The normalized spacial score (nSPS) is 18.1. The van der Waals surface area contributed by atoms with Gasteiger partial charge in [-0.25, -0.2) is 12.7 Å². The van der Waals surface area contributed by atoms with Crippen molar-refractivity contribution >= 4 is 32.3 Å². The second-order valence-corrected chi connectivity index (χ2v) is 12.7. The van der Waals surface area contributed by atoms with Crippen molar-refractivity contribution in [2.45, 2.75) is 55.4 Å². The molecule has 4 rings (SSSR count). The van der Waals surface area contributed by atoms with Gasteiger partial charge in [0, 0.05) is 42.9 Å². The molecule has 40 heavy (non-hydrogen) atoms. The van der Waals surface area contributed by atoms with Crippen molar-refractivity contribution in [2.75, 3.05) is 45.4 Å². The minimum absolute atomic E-state index is 0.168. The molecule has 7 nitrogen and oxygen atoms in total. The molecule has 0 amide bonds. The van der Waals surface area contributed by atoms with Crippen molar-refractivity contribution in [1.82, 2.24) is 13.8 Å². The summed E-state index contributed by atoms with van der Waals surface area (Å²) in [6.45, 7) is -0.958. The summed E-state index contributed by atoms with van der Waals surface area (Å²) in [6, 6.07) is 14.2. The van der Waals surface area contributed by atoms with Crippen LogP contribution in [0.3, 0.4) is 0 Å². The summed E-state index contributed by atoms with van der Waals surface area (Å²) in [5.41, 5.74) is 2.24. The maximum Gasteiger partial charge on any atom is 0.406 e. The van der Waals surface area contributed by atoms with Crippen molar-refractivity contribution < 1.29 is 21.6 Å². The second kappa shape index (κ2) is 12.1. The number of rotatable bonds is 8. The topological polar surface area (TPSA) is 69.6 Å². The summed E-state index contributed by atoms with van der Waals surface area (Å²) in [7, 11) is 3.58. The molecule has 0 bridgehead atoms. The zero-order chi connectivity index (χ0) is 29.1. The fraction of sp³-hybridized carbons (Fsp3) is 0.448. The number of nitrogens with one attached hydrogen (secondary N) is 2. The highest BCUT2D eigenvalue weighted by Crippen LogP contribution is 2.32. The smallest absolute Gasteiger partial charge is 0.382 e. The second-order valence-electron chi connectivity index (χ2n) is 10.5. The Morgan fingerprint density at radius 2 is 1.68 bits per heavy atom. The molecule has 0 spiro atoms. The van der Waals surface area contributed by atoms with Crippen molar-refractivity contribution in [1.29, 1.82) is 0 Å². The molecule has 0 saturated heterocycles.